The summed E-state index contributed by atoms with van der Waals surface area (Å²) in [7, 11) is -1.81. The van der Waals surface area contributed by atoms with Crippen LogP contribution in [-0.4, -0.2) is 42.6 Å². The van der Waals surface area contributed by atoms with Crippen LogP contribution in [0.15, 0.2) is 29.3 Å². The van der Waals surface area contributed by atoms with Gasteiger partial charge in [-0.25, -0.2) is 18.1 Å². The smallest absolute Gasteiger partial charge is 0.182 e. The summed E-state index contributed by atoms with van der Waals surface area (Å²) < 4.78 is 32.0. The molecule has 1 aliphatic heterocycles. The van der Waals surface area contributed by atoms with Crippen molar-refractivity contribution in [2.24, 2.45) is 0 Å². The maximum absolute atomic E-state index is 12.4. The first-order chi connectivity index (χ1) is 11.9. The monoisotopic (exact) mass is 378 g/mol. The van der Waals surface area contributed by atoms with Crippen LogP contribution in [0.1, 0.15) is 5.69 Å². The van der Waals surface area contributed by atoms with Gasteiger partial charge in [-0.1, -0.05) is 11.6 Å². The van der Waals surface area contributed by atoms with Gasteiger partial charge in [0.1, 0.15) is 16.6 Å². The van der Waals surface area contributed by atoms with E-state index in [1.165, 1.54) is 7.11 Å². The van der Waals surface area contributed by atoms with Gasteiger partial charge < -0.3 is 10.1 Å². The molecule has 0 unspecified atom stereocenters. The number of hydrogen-bond donors (Lipinski definition) is 1. The molecule has 1 aliphatic rings. The Balaban J connectivity index is 2.05. The van der Waals surface area contributed by atoms with Crippen molar-refractivity contribution in [1.82, 2.24) is 14.8 Å². The number of fused-ring (bicyclic) bond motifs is 2. The van der Waals surface area contributed by atoms with E-state index in [-0.39, 0.29) is 10.6 Å². The summed E-state index contributed by atoms with van der Waals surface area (Å²) in [5.74, 6) is 0.570. The Kier molecular flexibility index (Phi) is 3.62. The van der Waals surface area contributed by atoms with Crippen LogP contribution in [0.3, 0.4) is 0 Å². The lowest BCUT2D eigenvalue weighted by Gasteiger charge is -2.21. The molecule has 2 aromatic heterocycles. The predicted octanol–water partition coefficient (Wildman–Crippen LogP) is 2.59. The number of anilines is 1. The van der Waals surface area contributed by atoms with Crippen LogP contribution < -0.4 is 10.1 Å². The van der Waals surface area contributed by atoms with Gasteiger partial charge in [-0.2, -0.15) is 5.10 Å². The molecule has 1 N–H and O–H groups in total. The fraction of sp³-hybridized carbons (Fsp3) is 0.250. The quantitative estimate of drug-likeness (QED) is 0.690. The Hall–Kier alpha value is -2.32. The van der Waals surface area contributed by atoms with E-state index in [0.717, 1.165) is 16.6 Å². The maximum atomic E-state index is 12.4. The summed E-state index contributed by atoms with van der Waals surface area (Å²) in [5.41, 5.74) is 2.57. The second-order valence-corrected chi connectivity index (χ2v) is 8.25. The first-order valence-corrected chi connectivity index (χ1v) is 9.63. The van der Waals surface area contributed by atoms with Crippen molar-refractivity contribution in [3.05, 3.63) is 35.2 Å². The number of halogens is 1. The van der Waals surface area contributed by atoms with Crippen LogP contribution >= 0.6 is 11.6 Å². The summed E-state index contributed by atoms with van der Waals surface area (Å²) in [6.07, 6.45) is 1.65. The average Bonchev–Trinajstić information content (AvgIpc) is 2.89. The lowest BCUT2D eigenvalue weighted by molar-refractivity contribution is 0.412. The number of hydrogen-bond acceptors (Lipinski definition) is 6. The third kappa shape index (κ3) is 2.52. The van der Waals surface area contributed by atoms with E-state index in [4.69, 9.17) is 16.3 Å². The van der Waals surface area contributed by atoms with E-state index in [1.54, 1.807) is 29.1 Å². The van der Waals surface area contributed by atoms with Gasteiger partial charge in [0, 0.05) is 30.3 Å². The van der Waals surface area contributed by atoms with E-state index in [1.807, 2.05) is 6.92 Å². The maximum Gasteiger partial charge on any atom is 0.182 e. The van der Waals surface area contributed by atoms with Crippen molar-refractivity contribution in [3.63, 3.8) is 0 Å². The lowest BCUT2D eigenvalue weighted by Crippen LogP contribution is -2.23. The summed E-state index contributed by atoms with van der Waals surface area (Å²) in [4.78, 5) is 4.33. The molecule has 0 aliphatic carbocycles. The minimum Gasteiger partial charge on any atom is -0.494 e. The largest absolute Gasteiger partial charge is 0.494 e. The molecular weight excluding hydrogens is 364 g/mol. The van der Waals surface area contributed by atoms with Gasteiger partial charge in [-0.3, -0.25) is 0 Å². The highest BCUT2D eigenvalue weighted by atomic mass is 35.5. The molecule has 0 radical (unpaired) electrons. The number of aryl methyl sites for hydroxylation is 1. The molecule has 0 fully saturated rings. The number of benzene rings is 1. The minimum atomic E-state index is -3.35. The topological polar surface area (TPSA) is 86.1 Å². The van der Waals surface area contributed by atoms with E-state index in [2.05, 4.69) is 15.4 Å². The molecule has 1 aromatic carbocycles. The molecule has 0 saturated heterocycles. The molecule has 0 saturated carbocycles. The Bertz CT molecular complexity index is 1110. The molecule has 3 aromatic rings. The van der Waals surface area contributed by atoms with E-state index >= 15 is 0 Å². The van der Waals surface area contributed by atoms with Gasteiger partial charge in [0.25, 0.3) is 0 Å². The van der Waals surface area contributed by atoms with Crippen LogP contribution in [0, 0.1) is 6.92 Å². The van der Waals surface area contributed by atoms with Crippen LogP contribution in [0.5, 0.6) is 5.75 Å². The molecule has 130 valence electrons. The molecule has 9 heteroatoms. The highest BCUT2D eigenvalue weighted by molar-refractivity contribution is 7.91. The van der Waals surface area contributed by atoms with Gasteiger partial charge >= 0.3 is 0 Å². The highest BCUT2D eigenvalue weighted by Gasteiger charge is 2.27. The van der Waals surface area contributed by atoms with Crippen molar-refractivity contribution in [2.75, 3.05) is 24.7 Å². The number of pyridine rings is 1. The van der Waals surface area contributed by atoms with Crippen molar-refractivity contribution < 1.29 is 13.2 Å². The minimum absolute atomic E-state index is 0.0560. The predicted molar refractivity (Wildman–Crippen MR) is 95.7 cm³/mol. The summed E-state index contributed by atoms with van der Waals surface area (Å²) in [6.45, 7) is 2.24. The van der Waals surface area contributed by atoms with E-state index in [9.17, 15) is 8.42 Å². The number of rotatable bonds is 2. The van der Waals surface area contributed by atoms with Crippen LogP contribution in [0.25, 0.3) is 16.6 Å². The molecule has 0 bridgehead atoms. The second-order valence-electron chi connectivity index (χ2n) is 5.79. The first-order valence-electron chi connectivity index (χ1n) is 7.60. The zero-order valence-corrected chi connectivity index (χ0v) is 15.1. The Morgan fingerprint density at radius 2 is 2.12 bits per heavy atom. The van der Waals surface area contributed by atoms with Crippen molar-refractivity contribution >= 4 is 38.0 Å². The van der Waals surface area contributed by atoms with Crippen LogP contribution in [-0.2, 0) is 9.84 Å². The molecule has 0 spiro atoms. The number of methoxy groups -OCH3 is 1. The van der Waals surface area contributed by atoms with E-state index < -0.39 is 9.84 Å². The molecule has 0 atom stereocenters. The van der Waals surface area contributed by atoms with Crippen molar-refractivity contribution in [2.45, 2.75) is 11.8 Å². The Morgan fingerprint density at radius 3 is 2.88 bits per heavy atom. The van der Waals surface area contributed by atoms with Crippen molar-refractivity contribution in [1.29, 1.82) is 0 Å². The molecule has 7 nitrogen and oxygen atoms in total. The molecule has 4 rings (SSSR count). The van der Waals surface area contributed by atoms with Crippen LogP contribution in [0.4, 0.5) is 5.69 Å². The fourth-order valence-electron chi connectivity index (χ4n) is 3.02. The van der Waals surface area contributed by atoms with Gasteiger partial charge in [0.15, 0.2) is 9.84 Å². The highest BCUT2D eigenvalue weighted by Crippen LogP contribution is 2.36. The van der Waals surface area contributed by atoms with Crippen LogP contribution in [0.2, 0.25) is 5.15 Å². The van der Waals surface area contributed by atoms with Gasteiger partial charge in [0.05, 0.1) is 34.7 Å². The van der Waals surface area contributed by atoms with E-state index in [0.29, 0.717) is 28.8 Å². The Morgan fingerprint density at radius 1 is 1.32 bits per heavy atom. The van der Waals surface area contributed by atoms with Crippen molar-refractivity contribution in [3.8, 4) is 11.4 Å². The number of ether oxygens (including phenoxy) is 1. The molecular formula is C16H15ClN4O3S. The fourth-order valence-corrected chi connectivity index (χ4v) is 4.52. The third-order valence-electron chi connectivity index (χ3n) is 4.25. The Labute approximate surface area is 149 Å². The number of sulfone groups is 1. The standard InChI is InChI=1S/C16H15ClN4O3S/c1-9-10-8-19-16(17)7-12(10)21(20-9)13-6-15-11(5-14(13)24-2)18-3-4-25(15,22)23/h5-8,18H,3-4H2,1-2H3. The van der Waals surface area contributed by atoms with Gasteiger partial charge in [-0.05, 0) is 13.0 Å². The average molecular weight is 379 g/mol. The molecule has 0 amide bonds. The molecule has 25 heavy (non-hydrogen) atoms. The number of aromatic nitrogens is 3. The third-order valence-corrected chi connectivity index (χ3v) is 6.20. The molecule has 3 heterocycles. The summed E-state index contributed by atoms with van der Waals surface area (Å²) >= 11 is 6.03. The zero-order valence-electron chi connectivity index (χ0n) is 13.6. The second kappa shape index (κ2) is 5.60. The summed E-state index contributed by atoms with van der Waals surface area (Å²) in [5, 5.41) is 8.80. The lowest BCUT2D eigenvalue weighted by atomic mass is 10.2. The van der Waals surface area contributed by atoms with Gasteiger partial charge in [0.2, 0.25) is 0 Å². The number of nitrogens with one attached hydrogen (secondary N) is 1. The zero-order chi connectivity index (χ0) is 17.8. The first kappa shape index (κ1) is 16.2. The normalized spacial score (nSPS) is 15.6. The number of nitrogens with zero attached hydrogens (tertiary/aromatic N) is 3. The van der Waals surface area contributed by atoms with Gasteiger partial charge in [-0.15, -0.1) is 0 Å². The SMILES string of the molecule is COc1cc2c(cc1-n1nc(C)c3cnc(Cl)cc31)S(=O)(=O)CCN2. The summed E-state index contributed by atoms with van der Waals surface area (Å²) in [6, 6.07) is 4.98.